The second-order valence-electron chi connectivity index (χ2n) is 4.80. The first kappa shape index (κ1) is 14.4. The smallest absolute Gasteiger partial charge is 0.248 e. The lowest BCUT2D eigenvalue weighted by molar-refractivity contribution is -0.111. The number of aryl methyl sites for hydroxylation is 1. The van der Waals surface area contributed by atoms with Gasteiger partial charge in [-0.2, -0.15) is 0 Å². The second kappa shape index (κ2) is 6.03. The molecule has 2 aromatic carbocycles. The molecule has 22 heavy (non-hydrogen) atoms. The minimum absolute atomic E-state index is 0.257. The van der Waals surface area contributed by atoms with Crippen LogP contribution in [0.5, 0.6) is 0 Å². The average molecular weight is 313 g/mol. The number of nitrogens with one attached hydrogen (secondary N) is 1. The van der Waals surface area contributed by atoms with Gasteiger partial charge in [0.1, 0.15) is 5.52 Å². The maximum atomic E-state index is 11.9. The molecule has 3 aromatic rings. The highest BCUT2D eigenvalue weighted by Gasteiger charge is 2.04. The molecule has 0 spiro atoms. The molecular formula is C17H13ClN2O2. The van der Waals surface area contributed by atoms with Gasteiger partial charge in [-0.3, -0.25) is 4.79 Å². The molecule has 1 N–H and O–H groups in total. The lowest BCUT2D eigenvalue weighted by Gasteiger charge is -2.06. The summed E-state index contributed by atoms with van der Waals surface area (Å²) in [4.78, 5) is 16.2. The van der Waals surface area contributed by atoms with Gasteiger partial charge in [-0.25, -0.2) is 4.98 Å². The molecule has 1 amide bonds. The maximum Gasteiger partial charge on any atom is 0.248 e. The van der Waals surface area contributed by atoms with Crippen LogP contribution in [0.15, 0.2) is 53.0 Å². The number of rotatable bonds is 3. The minimum atomic E-state index is -0.257. The van der Waals surface area contributed by atoms with Gasteiger partial charge in [-0.1, -0.05) is 23.7 Å². The quantitative estimate of drug-likeness (QED) is 0.727. The summed E-state index contributed by atoms with van der Waals surface area (Å²) in [5, 5.41) is 3.42. The van der Waals surface area contributed by atoms with E-state index in [1.165, 1.54) is 6.08 Å². The van der Waals surface area contributed by atoms with Gasteiger partial charge in [0.2, 0.25) is 11.8 Å². The zero-order valence-electron chi connectivity index (χ0n) is 11.8. The zero-order valence-corrected chi connectivity index (χ0v) is 12.6. The third-order valence-electron chi connectivity index (χ3n) is 3.13. The molecule has 1 aromatic heterocycles. The maximum absolute atomic E-state index is 11.9. The summed E-state index contributed by atoms with van der Waals surface area (Å²) >= 11 is 5.89. The van der Waals surface area contributed by atoms with Crippen molar-refractivity contribution < 1.29 is 9.21 Å². The number of carbonyl (C=O) groups excluding carboxylic acids is 1. The number of nitrogens with zero attached hydrogens (tertiary/aromatic N) is 1. The number of hydrogen-bond donors (Lipinski definition) is 1. The normalized spacial score (nSPS) is 11.2. The fourth-order valence-corrected chi connectivity index (χ4v) is 2.28. The average Bonchev–Trinajstić information content (AvgIpc) is 2.91. The van der Waals surface area contributed by atoms with Crippen LogP contribution in [0.1, 0.15) is 11.5 Å². The molecule has 3 rings (SSSR count). The van der Waals surface area contributed by atoms with Crippen LogP contribution in [0.4, 0.5) is 5.69 Å². The van der Waals surface area contributed by atoms with Crippen molar-refractivity contribution in [3.8, 4) is 0 Å². The summed E-state index contributed by atoms with van der Waals surface area (Å²) in [6.45, 7) is 1.88. The monoisotopic (exact) mass is 312 g/mol. The van der Waals surface area contributed by atoms with E-state index in [1.54, 1.807) is 24.3 Å². The number of oxazole rings is 1. The van der Waals surface area contributed by atoms with E-state index in [0.29, 0.717) is 16.5 Å². The molecule has 0 aliphatic rings. The first-order chi connectivity index (χ1) is 10.6. The molecule has 0 unspecified atom stereocenters. The lowest BCUT2D eigenvalue weighted by Crippen LogP contribution is -2.08. The molecule has 0 atom stereocenters. The third kappa shape index (κ3) is 3.18. The molecule has 0 saturated carbocycles. The molecule has 0 bridgehead atoms. The Bertz CT molecular complexity index is 835. The summed E-state index contributed by atoms with van der Waals surface area (Å²) in [7, 11) is 0. The SMILES string of the molecule is Cc1cc(Cl)ccc1NC(=O)/C=C/c1nc2ccccc2o1. The first-order valence-electron chi connectivity index (χ1n) is 6.72. The Balaban J connectivity index is 1.73. The van der Waals surface area contributed by atoms with E-state index in [0.717, 1.165) is 16.8 Å². The van der Waals surface area contributed by atoms with Crippen molar-refractivity contribution in [1.29, 1.82) is 0 Å². The van der Waals surface area contributed by atoms with Crippen LogP contribution in [-0.4, -0.2) is 10.9 Å². The molecule has 0 radical (unpaired) electrons. The number of hydrogen-bond acceptors (Lipinski definition) is 3. The predicted molar refractivity (Wildman–Crippen MR) is 87.9 cm³/mol. The number of carbonyl (C=O) groups is 1. The Morgan fingerprint density at radius 2 is 2.09 bits per heavy atom. The van der Waals surface area contributed by atoms with Crippen molar-refractivity contribution in [1.82, 2.24) is 4.98 Å². The molecule has 110 valence electrons. The fraction of sp³-hybridized carbons (Fsp3) is 0.0588. The number of para-hydroxylation sites is 2. The number of aromatic nitrogens is 1. The van der Waals surface area contributed by atoms with Gasteiger partial charge < -0.3 is 9.73 Å². The second-order valence-corrected chi connectivity index (χ2v) is 5.24. The van der Waals surface area contributed by atoms with E-state index < -0.39 is 0 Å². The van der Waals surface area contributed by atoms with E-state index >= 15 is 0 Å². The van der Waals surface area contributed by atoms with Crippen LogP contribution in [0.25, 0.3) is 17.2 Å². The Kier molecular flexibility index (Phi) is 3.94. The summed E-state index contributed by atoms with van der Waals surface area (Å²) in [5.41, 5.74) is 3.07. The first-order valence-corrected chi connectivity index (χ1v) is 7.10. The summed E-state index contributed by atoms with van der Waals surface area (Å²) < 4.78 is 5.51. The molecular weight excluding hydrogens is 300 g/mol. The van der Waals surface area contributed by atoms with E-state index in [2.05, 4.69) is 10.3 Å². The van der Waals surface area contributed by atoms with Crippen LogP contribution >= 0.6 is 11.6 Å². The summed E-state index contributed by atoms with van der Waals surface area (Å²) in [6, 6.07) is 12.7. The van der Waals surface area contributed by atoms with Gasteiger partial charge >= 0.3 is 0 Å². The van der Waals surface area contributed by atoms with E-state index in [9.17, 15) is 4.79 Å². The predicted octanol–water partition coefficient (Wildman–Crippen LogP) is 4.44. The summed E-state index contributed by atoms with van der Waals surface area (Å²) in [5.74, 6) is 0.136. The van der Waals surface area contributed by atoms with Gasteiger partial charge in [-0.15, -0.1) is 0 Å². The Morgan fingerprint density at radius 3 is 2.86 bits per heavy atom. The van der Waals surface area contributed by atoms with Crippen LogP contribution in [0.3, 0.4) is 0 Å². The van der Waals surface area contributed by atoms with Gasteiger partial charge in [0.25, 0.3) is 0 Å². The molecule has 0 aliphatic heterocycles. The number of anilines is 1. The largest absolute Gasteiger partial charge is 0.437 e. The molecule has 4 nitrogen and oxygen atoms in total. The minimum Gasteiger partial charge on any atom is -0.437 e. The van der Waals surface area contributed by atoms with Crippen molar-refractivity contribution in [3.63, 3.8) is 0 Å². The van der Waals surface area contributed by atoms with Crippen LogP contribution in [0, 0.1) is 6.92 Å². The van der Waals surface area contributed by atoms with Crippen molar-refractivity contribution >= 4 is 40.4 Å². The van der Waals surface area contributed by atoms with Crippen molar-refractivity contribution in [3.05, 3.63) is 65.0 Å². The Labute approximate surface area is 132 Å². The Hall–Kier alpha value is -2.59. The van der Waals surface area contributed by atoms with Crippen LogP contribution < -0.4 is 5.32 Å². The van der Waals surface area contributed by atoms with E-state index in [4.69, 9.17) is 16.0 Å². The molecule has 0 saturated heterocycles. The number of amides is 1. The third-order valence-corrected chi connectivity index (χ3v) is 3.37. The standard InChI is InChI=1S/C17H13ClN2O2/c1-11-10-12(18)6-7-13(11)19-16(21)8-9-17-20-14-4-2-3-5-15(14)22-17/h2-10H,1H3,(H,19,21)/b9-8+. The Morgan fingerprint density at radius 1 is 1.27 bits per heavy atom. The fourth-order valence-electron chi connectivity index (χ4n) is 2.05. The van der Waals surface area contributed by atoms with E-state index in [-0.39, 0.29) is 5.91 Å². The summed E-state index contributed by atoms with van der Waals surface area (Å²) in [6.07, 6.45) is 2.93. The van der Waals surface area contributed by atoms with Gasteiger partial charge in [0.15, 0.2) is 5.58 Å². The highest BCUT2D eigenvalue weighted by molar-refractivity contribution is 6.30. The molecule has 0 aliphatic carbocycles. The highest BCUT2D eigenvalue weighted by atomic mass is 35.5. The van der Waals surface area contributed by atoms with Crippen LogP contribution in [-0.2, 0) is 4.79 Å². The number of benzene rings is 2. The molecule has 5 heteroatoms. The lowest BCUT2D eigenvalue weighted by atomic mass is 10.2. The van der Waals surface area contributed by atoms with Crippen molar-refractivity contribution in [2.75, 3.05) is 5.32 Å². The molecule has 1 heterocycles. The molecule has 0 fully saturated rings. The number of halogens is 1. The van der Waals surface area contributed by atoms with Gasteiger partial charge in [0.05, 0.1) is 0 Å². The number of fused-ring (bicyclic) bond motifs is 1. The zero-order chi connectivity index (χ0) is 15.5. The van der Waals surface area contributed by atoms with Crippen LogP contribution in [0.2, 0.25) is 5.02 Å². The van der Waals surface area contributed by atoms with Crippen molar-refractivity contribution in [2.45, 2.75) is 6.92 Å². The topological polar surface area (TPSA) is 55.1 Å². The van der Waals surface area contributed by atoms with Gasteiger partial charge in [-0.05, 0) is 42.8 Å². The highest BCUT2D eigenvalue weighted by Crippen LogP contribution is 2.20. The van der Waals surface area contributed by atoms with Crippen molar-refractivity contribution in [2.24, 2.45) is 0 Å². The van der Waals surface area contributed by atoms with E-state index in [1.807, 2.05) is 31.2 Å². The van der Waals surface area contributed by atoms with Gasteiger partial charge in [0, 0.05) is 22.9 Å².